The SMILES string of the molecule is CC[C@@H]1C[C@H]1CC1(C=O)CC1(C)C. The molecule has 1 heteroatoms. The molecule has 0 bridgehead atoms. The molecule has 0 aromatic heterocycles. The van der Waals surface area contributed by atoms with E-state index in [1.54, 1.807) is 0 Å². The molecule has 0 saturated heterocycles. The van der Waals surface area contributed by atoms with Gasteiger partial charge in [0.05, 0.1) is 0 Å². The largest absolute Gasteiger partial charge is 0.303 e. The molecule has 2 aliphatic rings. The lowest BCUT2D eigenvalue weighted by Gasteiger charge is -2.12. The summed E-state index contributed by atoms with van der Waals surface area (Å²) >= 11 is 0. The van der Waals surface area contributed by atoms with E-state index in [0.29, 0.717) is 5.41 Å². The molecule has 13 heavy (non-hydrogen) atoms. The fourth-order valence-corrected chi connectivity index (χ4v) is 2.87. The molecule has 0 aromatic carbocycles. The Morgan fingerprint density at radius 1 is 1.38 bits per heavy atom. The first-order valence-corrected chi connectivity index (χ1v) is 5.51. The monoisotopic (exact) mass is 180 g/mol. The van der Waals surface area contributed by atoms with Crippen molar-refractivity contribution < 1.29 is 4.79 Å². The number of aldehydes is 1. The Hall–Kier alpha value is -0.330. The molecule has 1 nitrogen and oxygen atoms in total. The van der Waals surface area contributed by atoms with Gasteiger partial charge in [-0.15, -0.1) is 0 Å². The Kier molecular flexibility index (Phi) is 1.84. The standard InChI is InChI=1S/C12H20O/c1-4-9-5-10(9)6-12(8-13)7-11(12,2)3/h8-10H,4-7H2,1-3H3/t9-,10+,12?/m1/s1. The van der Waals surface area contributed by atoms with Crippen molar-refractivity contribution >= 4 is 6.29 Å². The number of carbonyl (C=O) groups is 1. The minimum absolute atomic E-state index is 0.0710. The lowest BCUT2D eigenvalue weighted by atomic mass is 9.91. The van der Waals surface area contributed by atoms with Gasteiger partial charge >= 0.3 is 0 Å². The lowest BCUT2D eigenvalue weighted by molar-refractivity contribution is -0.113. The normalized spacial score (nSPS) is 45.8. The van der Waals surface area contributed by atoms with Gasteiger partial charge in [-0.1, -0.05) is 27.2 Å². The van der Waals surface area contributed by atoms with E-state index in [0.717, 1.165) is 18.3 Å². The van der Waals surface area contributed by atoms with E-state index >= 15 is 0 Å². The maximum absolute atomic E-state index is 11.1. The highest BCUT2D eigenvalue weighted by Crippen LogP contribution is 2.67. The number of hydrogen-bond acceptors (Lipinski definition) is 1. The van der Waals surface area contributed by atoms with Crippen molar-refractivity contribution in [2.75, 3.05) is 0 Å². The Balaban J connectivity index is 1.92. The van der Waals surface area contributed by atoms with Crippen LogP contribution < -0.4 is 0 Å². The van der Waals surface area contributed by atoms with Gasteiger partial charge in [-0.2, -0.15) is 0 Å². The second kappa shape index (κ2) is 2.59. The predicted molar refractivity (Wildman–Crippen MR) is 53.4 cm³/mol. The molecule has 3 atom stereocenters. The average Bonchev–Trinajstić information content (AvgIpc) is 2.91. The van der Waals surface area contributed by atoms with Crippen LogP contribution in [0.2, 0.25) is 0 Å². The molecule has 2 fully saturated rings. The van der Waals surface area contributed by atoms with E-state index in [4.69, 9.17) is 0 Å². The minimum Gasteiger partial charge on any atom is -0.303 e. The number of carbonyl (C=O) groups excluding carboxylic acids is 1. The van der Waals surface area contributed by atoms with Crippen molar-refractivity contribution in [2.45, 2.75) is 46.5 Å². The molecule has 0 aromatic rings. The second-order valence-corrected chi connectivity index (χ2v) is 5.70. The van der Waals surface area contributed by atoms with Gasteiger partial charge in [0.25, 0.3) is 0 Å². The van der Waals surface area contributed by atoms with Crippen molar-refractivity contribution in [1.82, 2.24) is 0 Å². The third-order valence-corrected chi connectivity index (χ3v) is 4.43. The van der Waals surface area contributed by atoms with Crippen molar-refractivity contribution in [1.29, 1.82) is 0 Å². The second-order valence-electron chi connectivity index (χ2n) is 5.70. The molecule has 0 N–H and O–H groups in total. The molecule has 2 rings (SSSR count). The van der Waals surface area contributed by atoms with Crippen LogP contribution in [0.3, 0.4) is 0 Å². The molecule has 1 unspecified atom stereocenters. The summed E-state index contributed by atoms with van der Waals surface area (Å²) < 4.78 is 0. The van der Waals surface area contributed by atoms with Gasteiger partial charge in [0.2, 0.25) is 0 Å². The summed E-state index contributed by atoms with van der Waals surface area (Å²) in [5.41, 5.74) is 0.372. The Morgan fingerprint density at radius 2 is 2.00 bits per heavy atom. The number of rotatable bonds is 4. The quantitative estimate of drug-likeness (QED) is 0.608. The zero-order valence-corrected chi connectivity index (χ0v) is 8.97. The maximum atomic E-state index is 11.1. The van der Waals surface area contributed by atoms with Crippen LogP contribution in [0, 0.1) is 22.7 Å². The van der Waals surface area contributed by atoms with Crippen LogP contribution in [0.15, 0.2) is 0 Å². The molecular weight excluding hydrogens is 160 g/mol. The first-order chi connectivity index (χ1) is 6.04. The van der Waals surface area contributed by atoms with Gasteiger partial charge in [-0.05, 0) is 36.5 Å². The molecule has 0 aliphatic heterocycles. The van der Waals surface area contributed by atoms with E-state index in [2.05, 4.69) is 20.8 Å². The molecule has 74 valence electrons. The van der Waals surface area contributed by atoms with Gasteiger partial charge < -0.3 is 4.79 Å². The summed E-state index contributed by atoms with van der Waals surface area (Å²) in [6.07, 6.45) is 6.21. The highest BCUT2D eigenvalue weighted by molar-refractivity contribution is 5.66. The van der Waals surface area contributed by atoms with Crippen LogP contribution in [0.1, 0.15) is 46.5 Å². The van der Waals surface area contributed by atoms with Crippen molar-refractivity contribution in [3.05, 3.63) is 0 Å². The average molecular weight is 180 g/mol. The van der Waals surface area contributed by atoms with Crippen molar-refractivity contribution in [3.63, 3.8) is 0 Å². The smallest absolute Gasteiger partial charge is 0.126 e. The van der Waals surface area contributed by atoms with Crippen LogP contribution in [0.5, 0.6) is 0 Å². The van der Waals surface area contributed by atoms with Crippen molar-refractivity contribution in [3.8, 4) is 0 Å². The Morgan fingerprint density at radius 3 is 2.31 bits per heavy atom. The van der Waals surface area contributed by atoms with Crippen LogP contribution in [0.4, 0.5) is 0 Å². The summed E-state index contributed by atoms with van der Waals surface area (Å²) in [7, 11) is 0. The summed E-state index contributed by atoms with van der Waals surface area (Å²) in [6.45, 7) is 6.71. The van der Waals surface area contributed by atoms with Gasteiger partial charge in [-0.3, -0.25) is 0 Å². The minimum atomic E-state index is 0.0710. The fourth-order valence-electron chi connectivity index (χ4n) is 2.87. The highest BCUT2D eigenvalue weighted by atomic mass is 16.1. The van der Waals surface area contributed by atoms with E-state index in [-0.39, 0.29) is 5.41 Å². The van der Waals surface area contributed by atoms with Gasteiger partial charge in [-0.25, -0.2) is 0 Å². The van der Waals surface area contributed by atoms with Crippen LogP contribution in [-0.4, -0.2) is 6.29 Å². The molecule has 0 heterocycles. The molecular formula is C12H20O. The lowest BCUT2D eigenvalue weighted by Crippen LogP contribution is -2.11. The third-order valence-electron chi connectivity index (χ3n) is 4.43. The van der Waals surface area contributed by atoms with Gasteiger partial charge in [0.15, 0.2) is 0 Å². The summed E-state index contributed by atoms with van der Waals surface area (Å²) in [4.78, 5) is 11.1. The topological polar surface area (TPSA) is 17.1 Å². The van der Waals surface area contributed by atoms with E-state index < -0.39 is 0 Å². The fraction of sp³-hybridized carbons (Fsp3) is 0.917. The molecule has 0 amide bonds. The van der Waals surface area contributed by atoms with Crippen LogP contribution in [-0.2, 0) is 4.79 Å². The van der Waals surface area contributed by atoms with Crippen LogP contribution in [0.25, 0.3) is 0 Å². The first-order valence-electron chi connectivity index (χ1n) is 5.51. The molecule has 2 aliphatic carbocycles. The third kappa shape index (κ3) is 1.33. The summed E-state index contributed by atoms with van der Waals surface area (Å²) in [6, 6.07) is 0. The zero-order chi connectivity index (χ0) is 9.69. The van der Waals surface area contributed by atoms with Crippen molar-refractivity contribution in [2.24, 2.45) is 22.7 Å². The zero-order valence-electron chi connectivity index (χ0n) is 8.97. The highest BCUT2D eigenvalue weighted by Gasteiger charge is 2.63. The summed E-state index contributed by atoms with van der Waals surface area (Å²) in [5, 5.41) is 0. The molecule has 0 radical (unpaired) electrons. The Labute approximate surface area is 80.9 Å². The molecule has 0 spiro atoms. The Bertz CT molecular complexity index is 231. The first kappa shape index (κ1) is 9.23. The predicted octanol–water partition coefficient (Wildman–Crippen LogP) is 3.04. The van der Waals surface area contributed by atoms with E-state index in [1.165, 1.54) is 25.5 Å². The maximum Gasteiger partial charge on any atom is 0.126 e. The van der Waals surface area contributed by atoms with Gasteiger partial charge in [0, 0.05) is 5.41 Å². The van der Waals surface area contributed by atoms with Gasteiger partial charge in [0.1, 0.15) is 6.29 Å². The van der Waals surface area contributed by atoms with E-state index in [1.807, 2.05) is 0 Å². The number of hydrogen-bond donors (Lipinski definition) is 0. The van der Waals surface area contributed by atoms with E-state index in [9.17, 15) is 4.79 Å². The molecule has 2 saturated carbocycles. The summed E-state index contributed by atoms with van der Waals surface area (Å²) in [5.74, 6) is 1.81. The van der Waals surface area contributed by atoms with Crippen LogP contribution >= 0.6 is 0 Å².